The molecule has 0 aliphatic carbocycles. The molecule has 1 fully saturated rings. The summed E-state index contributed by atoms with van der Waals surface area (Å²) in [7, 11) is 0. The quantitative estimate of drug-likeness (QED) is 0.777. The van der Waals surface area contributed by atoms with Crippen LogP contribution in [0.2, 0.25) is 0 Å². The van der Waals surface area contributed by atoms with Gasteiger partial charge in [-0.1, -0.05) is 6.92 Å². The first-order valence-corrected chi connectivity index (χ1v) is 9.05. The van der Waals surface area contributed by atoms with Gasteiger partial charge in [-0.2, -0.15) is 11.8 Å². The molecule has 1 aromatic rings. The van der Waals surface area contributed by atoms with Gasteiger partial charge in [0, 0.05) is 50.3 Å². The summed E-state index contributed by atoms with van der Waals surface area (Å²) in [6.45, 7) is 7.36. The molecule has 1 aliphatic heterocycles. The summed E-state index contributed by atoms with van der Waals surface area (Å²) >= 11 is 3.74. The standard InChI is InChI=1S/C13H24N4S2/c1-2-18-9-3-12(11-14)16-5-7-17(8-6-16)13-15-4-10-19-13/h4,10,12H,2-3,5-9,11,14H2,1H3. The van der Waals surface area contributed by atoms with E-state index in [9.17, 15) is 0 Å². The Balaban J connectivity index is 1.77. The highest BCUT2D eigenvalue weighted by atomic mass is 32.2. The third kappa shape index (κ3) is 4.34. The minimum Gasteiger partial charge on any atom is -0.346 e. The molecular formula is C13H24N4S2. The van der Waals surface area contributed by atoms with Crippen molar-refractivity contribution in [3.05, 3.63) is 11.6 Å². The number of nitrogens with two attached hydrogens (primary N) is 1. The first-order valence-electron chi connectivity index (χ1n) is 7.01. The number of thiazole rings is 1. The van der Waals surface area contributed by atoms with Gasteiger partial charge in [0.2, 0.25) is 0 Å². The van der Waals surface area contributed by atoms with E-state index in [1.54, 1.807) is 11.3 Å². The van der Waals surface area contributed by atoms with Crippen molar-refractivity contribution in [1.82, 2.24) is 9.88 Å². The van der Waals surface area contributed by atoms with Crippen LogP contribution in [0.15, 0.2) is 11.6 Å². The molecule has 1 aliphatic rings. The first kappa shape index (κ1) is 15.1. The van der Waals surface area contributed by atoms with E-state index in [0.29, 0.717) is 6.04 Å². The molecule has 1 unspecified atom stereocenters. The van der Waals surface area contributed by atoms with Crippen LogP contribution in [0.1, 0.15) is 13.3 Å². The molecular weight excluding hydrogens is 276 g/mol. The van der Waals surface area contributed by atoms with Gasteiger partial charge in [-0.3, -0.25) is 4.90 Å². The average Bonchev–Trinajstić information content (AvgIpc) is 2.98. The van der Waals surface area contributed by atoms with E-state index in [1.807, 2.05) is 23.3 Å². The molecule has 0 spiro atoms. The maximum atomic E-state index is 5.94. The van der Waals surface area contributed by atoms with Gasteiger partial charge in [0.05, 0.1) is 0 Å². The van der Waals surface area contributed by atoms with E-state index >= 15 is 0 Å². The SMILES string of the molecule is CCSCCC(CN)N1CCN(c2nccs2)CC1. The third-order valence-corrected chi connectivity index (χ3v) is 5.36. The molecule has 0 bridgehead atoms. The van der Waals surface area contributed by atoms with E-state index in [0.717, 1.165) is 37.9 Å². The second kappa shape index (κ2) is 8.09. The van der Waals surface area contributed by atoms with Gasteiger partial charge < -0.3 is 10.6 Å². The highest BCUT2D eigenvalue weighted by molar-refractivity contribution is 7.99. The van der Waals surface area contributed by atoms with Crippen molar-refractivity contribution in [1.29, 1.82) is 0 Å². The number of nitrogens with zero attached hydrogens (tertiary/aromatic N) is 3. The van der Waals surface area contributed by atoms with Crippen LogP contribution in [0, 0.1) is 0 Å². The fraction of sp³-hybridized carbons (Fsp3) is 0.769. The average molecular weight is 300 g/mol. The Hall–Kier alpha value is -0.300. The Morgan fingerprint density at radius 1 is 1.42 bits per heavy atom. The summed E-state index contributed by atoms with van der Waals surface area (Å²) in [5, 5.41) is 3.21. The number of rotatable bonds is 7. The molecule has 2 heterocycles. The maximum Gasteiger partial charge on any atom is 0.185 e. The molecule has 0 amide bonds. The van der Waals surface area contributed by atoms with Crippen molar-refractivity contribution < 1.29 is 0 Å². The van der Waals surface area contributed by atoms with Gasteiger partial charge in [0.15, 0.2) is 5.13 Å². The zero-order chi connectivity index (χ0) is 13.5. The summed E-state index contributed by atoms with van der Waals surface area (Å²) in [6, 6.07) is 0.553. The van der Waals surface area contributed by atoms with Crippen molar-refractivity contribution >= 4 is 28.2 Å². The number of aromatic nitrogens is 1. The fourth-order valence-corrected chi connectivity index (χ4v) is 3.89. The minimum atomic E-state index is 0.553. The fourth-order valence-electron chi connectivity index (χ4n) is 2.46. The molecule has 1 aromatic heterocycles. The van der Waals surface area contributed by atoms with Crippen LogP contribution >= 0.6 is 23.1 Å². The zero-order valence-corrected chi connectivity index (χ0v) is 13.3. The number of piperazine rings is 1. The molecule has 0 saturated carbocycles. The molecule has 19 heavy (non-hydrogen) atoms. The highest BCUT2D eigenvalue weighted by Gasteiger charge is 2.23. The normalized spacial score (nSPS) is 18.7. The molecule has 2 N–H and O–H groups in total. The lowest BCUT2D eigenvalue weighted by Crippen LogP contribution is -2.52. The lowest BCUT2D eigenvalue weighted by atomic mass is 10.1. The van der Waals surface area contributed by atoms with Gasteiger partial charge in [-0.15, -0.1) is 11.3 Å². The van der Waals surface area contributed by atoms with E-state index in [4.69, 9.17) is 5.73 Å². The van der Waals surface area contributed by atoms with Crippen LogP contribution in [0.25, 0.3) is 0 Å². The van der Waals surface area contributed by atoms with Gasteiger partial charge in [-0.05, 0) is 17.9 Å². The van der Waals surface area contributed by atoms with Gasteiger partial charge >= 0.3 is 0 Å². The maximum absolute atomic E-state index is 5.94. The monoisotopic (exact) mass is 300 g/mol. The van der Waals surface area contributed by atoms with E-state index in [2.05, 4.69) is 21.7 Å². The van der Waals surface area contributed by atoms with E-state index in [-0.39, 0.29) is 0 Å². The third-order valence-electron chi connectivity index (χ3n) is 3.59. The van der Waals surface area contributed by atoms with E-state index in [1.165, 1.54) is 17.9 Å². The summed E-state index contributed by atoms with van der Waals surface area (Å²) in [4.78, 5) is 9.33. The largest absolute Gasteiger partial charge is 0.346 e. The molecule has 1 saturated heterocycles. The molecule has 108 valence electrons. The molecule has 2 rings (SSSR count). The van der Waals surface area contributed by atoms with Crippen LogP contribution < -0.4 is 10.6 Å². The van der Waals surface area contributed by atoms with Crippen LogP contribution in [0.4, 0.5) is 5.13 Å². The van der Waals surface area contributed by atoms with Crippen molar-refractivity contribution in [2.45, 2.75) is 19.4 Å². The predicted molar refractivity (Wildman–Crippen MR) is 86.4 cm³/mol. The minimum absolute atomic E-state index is 0.553. The molecule has 0 radical (unpaired) electrons. The second-order valence-corrected chi connectivity index (χ2v) is 6.98. The van der Waals surface area contributed by atoms with Crippen LogP contribution in [-0.2, 0) is 0 Å². The highest BCUT2D eigenvalue weighted by Crippen LogP contribution is 2.20. The topological polar surface area (TPSA) is 45.4 Å². The smallest absolute Gasteiger partial charge is 0.185 e. The summed E-state index contributed by atoms with van der Waals surface area (Å²) in [5.74, 6) is 2.43. The van der Waals surface area contributed by atoms with Crippen molar-refractivity contribution in [2.75, 3.05) is 49.1 Å². The number of anilines is 1. The Labute approximate surface area is 124 Å². The van der Waals surface area contributed by atoms with Crippen molar-refractivity contribution in [2.24, 2.45) is 5.73 Å². The summed E-state index contributed by atoms with van der Waals surface area (Å²) in [5.41, 5.74) is 5.94. The summed E-state index contributed by atoms with van der Waals surface area (Å²) < 4.78 is 0. The van der Waals surface area contributed by atoms with Crippen LogP contribution in [0.5, 0.6) is 0 Å². The van der Waals surface area contributed by atoms with Gasteiger partial charge in [-0.25, -0.2) is 4.98 Å². The van der Waals surface area contributed by atoms with Gasteiger partial charge in [0.1, 0.15) is 0 Å². The zero-order valence-electron chi connectivity index (χ0n) is 11.6. The second-order valence-electron chi connectivity index (χ2n) is 4.71. The number of hydrogen-bond acceptors (Lipinski definition) is 6. The molecule has 6 heteroatoms. The first-order chi connectivity index (χ1) is 9.35. The molecule has 0 aromatic carbocycles. The Kier molecular flexibility index (Phi) is 6.43. The van der Waals surface area contributed by atoms with Gasteiger partial charge in [0.25, 0.3) is 0 Å². The Morgan fingerprint density at radius 2 is 2.21 bits per heavy atom. The molecule has 4 nitrogen and oxygen atoms in total. The lowest BCUT2D eigenvalue weighted by molar-refractivity contribution is 0.185. The number of thioether (sulfide) groups is 1. The number of hydrogen-bond donors (Lipinski definition) is 1. The lowest BCUT2D eigenvalue weighted by Gasteiger charge is -2.38. The van der Waals surface area contributed by atoms with Crippen LogP contribution in [0.3, 0.4) is 0 Å². The molecule has 1 atom stereocenters. The summed E-state index contributed by atoms with van der Waals surface area (Å²) in [6.07, 6.45) is 3.10. The Bertz CT molecular complexity index is 336. The van der Waals surface area contributed by atoms with E-state index < -0.39 is 0 Å². The predicted octanol–water partition coefficient (Wildman–Crippen LogP) is 1.74. The van der Waals surface area contributed by atoms with Crippen molar-refractivity contribution in [3.63, 3.8) is 0 Å². The Morgan fingerprint density at radius 3 is 2.79 bits per heavy atom. The van der Waals surface area contributed by atoms with Crippen molar-refractivity contribution in [3.8, 4) is 0 Å². The van der Waals surface area contributed by atoms with Crippen LogP contribution in [-0.4, -0.2) is 60.2 Å².